The molecule has 0 saturated carbocycles. The van der Waals surface area contributed by atoms with E-state index in [1.165, 1.54) is 16.7 Å². The van der Waals surface area contributed by atoms with Crippen LogP contribution in [0.25, 0.3) is 0 Å². The molecule has 0 spiro atoms. The smallest absolute Gasteiger partial charge is 0.167 e. The number of halogens is 2. The van der Waals surface area contributed by atoms with Gasteiger partial charge in [-0.3, -0.25) is 0 Å². The van der Waals surface area contributed by atoms with Gasteiger partial charge in [0, 0.05) is 21.9 Å². The predicted octanol–water partition coefficient (Wildman–Crippen LogP) is 4.05. The first-order chi connectivity index (χ1) is 8.69. The standard InChI is InChI=1S/C14H13FINO/c1-18-14-7-6-12(8-13(14)15)17-9-10-2-4-11(16)5-3-10/h2-8,17H,9H2,1H3. The summed E-state index contributed by atoms with van der Waals surface area (Å²) in [5, 5.41) is 3.17. The van der Waals surface area contributed by atoms with Gasteiger partial charge in [0.15, 0.2) is 11.6 Å². The molecule has 0 radical (unpaired) electrons. The van der Waals surface area contributed by atoms with Crippen LogP contribution in [-0.4, -0.2) is 7.11 Å². The largest absolute Gasteiger partial charge is 0.494 e. The van der Waals surface area contributed by atoms with Crippen LogP contribution in [0.2, 0.25) is 0 Å². The molecule has 0 bridgehead atoms. The third-order valence-electron chi connectivity index (χ3n) is 2.56. The lowest BCUT2D eigenvalue weighted by molar-refractivity contribution is 0.386. The van der Waals surface area contributed by atoms with Gasteiger partial charge in [0.2, 0.25) is 0 Å². The first kappa shape index (κ1) is 13.1. The monoisotopic (exact) mass is 357 g/mol. The highest BCUT2D eigenvalue weighted by Crippen LogP contribution is 2.21. The number of anilines is 1. The molecule has 0 heterocycles. The first-order valence-corrected chi connectivity index (χ1v) is 6.59. The average Bonchev–Trinajstić information content (AvgIpc) is 2.38. The van der Waals surface area contributed by atoms with E-state index in [-0.39, 0.29) is 11.6 Å². The summed E-state index contributed by atoms with van der Waals surface area (Å²) < 4.78 is 19.5. The summed E-state index contributed by atoms with van der Waals surface area (Å²) in [5.74, 6) is -0.0973. The Bertz CT molecular complexity index is 528. The van der Waals surface area contributed by atoms with E-state index in [1.54, 1.807) is 12.1 Å². The fourth-order valence-electron chi connectivity index (χ4n) is 1.58. The summed E-state index contributed by atoms with van der Waals surface area (Å²) in [6.07, 6.45) is 0. The molecule has 4 heteroatoms. The quantitative estimate of drug-likeness (QED) is 0.834. The molecule has 2 aromatic rings. The van der Waals surface area contributed by atoms with Crippen molar-refractivity contribution in [1.29, 1.82) is 0 Å². The molecule has 0 unspecified atom stereocenters. The van der Waals surface area contributed by atoms with E-state index in [0.29, 0.717) is 6.54 Å². The maximum absolute atomic E-state index is 13.5. The Hall–Kier alpha value is -1.30. The molecular formula is C14H13FINO. The third kappa shape index (κ3) is 3.35. The number of hydrogen-bond acceptors (Lipinski definition) is 2. The molecule has 2 nitrogen and oxygen atoms in total. The lowest BCUT2D eigenvalue weighted by Crippen LogP contribution is -2.00. The van der Waals surface area contributed by atoms with Gasteiger partial charge in [-0.15, -0.1) is 0 Å². The van der Waals surface area contributed by atoms with Crippen LogP contribution < -0.4 is 10.1 Å². The van der Waals surface area contributed by atoms with Crippen molar-refractivity contribution in [3.63, 3.8) is 0 Å². The number of nitrogens with one attached hydrogen (secondary N) is 1. The predicted molar refractivity (Wildman–Crippen MR) is 79.4 cm³/mol. The molecule has 0 aliphatic rings. The second kappa shape index (κ2) is 6.04. The third-order valence-corrected chi connectivity index (χ3v) is 3.28. The Morgan fingerprint density at radius 1 is 1.17 bits per heavy atom. The Kier molecular flexibility index (Phi) is 4.41. The van der Waals surface area contributed by atoms with E-state index in [9.17, 15) is 4.39 Å². The number of methoxy groups -OCH3 is 1. The molecule has 0 fully saturated rings. The van der Waals surface area contributed by atoms with Gasteiger partial charge >= 0.3 is 0 Å². The maximum atomic E-state index is 13.5. The van der Waals surface area contributed by atoms with Crippen LogP contribution in [0.5, 0.6) is 5.75 Å². The number of hydrogen-bond donors (Lipinski definition) is 1. The zero-order valence-electron chi connectivity index (χ0n) is 9.91. The summed E-state index contributed by atoms with van der Waals surface area (Å²) in [7, 11) is 1.46. The molecule has 0 aliphatic heterocycles. The summed E-state index contributed by atoms with van der Waals surface area (Å²) in [6.45, 7) is 0.669. The van der Waals surface area contributed by atoms with Gasteiger partial charge in [-0.2, -0.15) is 0 Å². The number of ether oxygens (including phenoxy) is 1. The Labute approximate surface area is 119 Å². The molecular weight excluding hydrogens is 344 g/mol. The Morgan fingerprint density at radius 3 is 2.50 bits per heavy atom. The lowest BCUT2D eigenvalue weighted by Gasteiger charge is -2.08. The second-order valence-electron chi connectivity index (χ2n) is 3.83. The van der Waals surface area contributed by atoms with E-state index in [4.69, 9.17) is 4.74 Å². The summed E-state index contributed by atoms with van der Waals surface area (Å²) in [6, 6.07) is 13.0. The topological polar surface area (TPSA) is 21.3 Å². The van der Waals surface area contributed by atoms with Crippen molar-refractivity contribution in [2.24, 2.45) is 0 Å². The van der Waals surface area contributed by atoms with Crippen LogP contribution in [0.1, 0.15) is 5.56 Å². The molecule has 2 aromatic carbocycles. The van der Waals surface area contributed by atoms with Crippen molar-refractivity contribution in [3.05, 3.63) is 57.4 Å². The minimum Gasteiger partial charge on any atom is -0.494 e. The lowest BCUT2D eigenvalue weighted by atomic mass is 10.2. The van der Waals surface area contributed by atoms with E-state index in [1.807, 2.05) is 12.1 Å². The van der Waals surface area contributed by atoms with E-state index < -0.39 is 0 Å². The SMILES string of the molecule is COc1ccc(NCc2ccc(I)cc2)cc1F. The van der Waals surface area contributed by atoms with Crippen LogP contribution in [0.4, 0.5) is 10.1 Å². The molecule has 0 amide bonds. The van der Waals surface area contributed by atoms with Gasteiger partial charge in [0.25, 0.3) is 0 Å². The molecule has 0 aliphatic carbocycles. The zero-order valence-corrected chi connectivity index (χ0v) is 12.1. The van der Waals surface area contributed by atoms with Crippen LogP contribution in [0, 0.1) is 9.39 Å². The van der Waals surface area contributed by atoms with Gasteiger partial charge in [-0.1, -0.05) is 12.1 Å². The van der Waals surface area contributed by atoms with Gasteiger partial charge in [0.05, 0.1) is 7.11 Å². The van der Waals surface area contributed by atoms with Gasteiger partial charge in [0.1, 0.15) is 0 Å². The minimum atomic E-state index is -0.356. The van der Waals surface area contributed by atoms with Crippen molar-refractivity contribution in [2.45, 2.75) is 6.54 Å². The highest BCUT2D eigenvalue weighted by Gasteiger charge is 2.03. The fraction of sp³-hybridized carbons (Fsp3) is 0.143. The highest BCUT2D eigenvalue weighted by atomic mass is 127. The second-order valence-corrected chi connectivity index (χ2v) is 5.07. The van der Waals surface area contributed by atoms with Gasteiger partial charge in [-0.25, -0.2) is 4.39 Å². The number of rotatable bonds is 4. The summed E-state index contributed by atoms with van der Waals surface area (Å²) in [4.78, 5) is 0. The summed E-state index contributed by atoms with van der Waals surface area (Å²) in [5.41, 5.74) is 1.90. The maximum Gasteiger partial charge on any atom is 0.167 e. The van der Waals surface area contributed by atoms with Crippen molar-refractivity contribution >= 4 is 28.3 Å². The van der Waals surface area contributed by atoms with Crippen molar-refractivity contribution < 1.29 is 9.13 Å². The molecule has 2 rings (SSSR count). The Morgan fingerprint density at radius 2 is 1.89 bits per heavy atom. The highest BCUT2D eigenvalue weighted by molar-refractivity contribution is 14.1. The van der Waals surface area contributed by atoms with Crippen molar-refractivity contribution in [1.82, 2.24) is 0 Å². The van der Waals surface area contributed by atoms with Crippen LogP contribution >= 0.6 is 22.6 Å². The van der Waals surface area contributed by atoms with Gasteiger partial charge < -0.3 is 10.1 Å². The molecule has 0 saturated heterocycles. The van der Waals surface area contributed by atoms with Crippen LogP contribution in [0.15, 0.2) is 42.5 Å². The minimum absolute atomic E-state index is 0.259. The average molecular weight is 357 g/mol. The van der Waals surface area contributed by atoms with E-state index >= 15 is 0 Å². The van der Waals surface area contributed by atoms with E-state index in [2.05, 4.69) is 40.0 Å². The van der Waals surface area contributed by atoms with Crippen LogP contribution in [0.3, 0.4) is 0 Å². The molecule has 0 atom stereocenters. The fourth-order valence-corrected chi connectivity index (χ4v) is 1.94. The van der Waals surface area contributed by atoms with Gasteiger partial charge in [-0.05, 0) is 52.4 Å². The zero-order chi connectivity index (χ0) is 13.0. The summed E-state index contributed by atoms with van der Waals surface area (Å²) >= 11 is 2.26. The molecule has 1 N–H and O–H groups in total. The molecule has 18 heavy (non-hydrogen) atoms. The first-order valence-electron chi connectivity index (χ1n) is 5.51. The van der Waals surface area contributed by atoms with Crippen molar-refractivity contribution in [3.8, 4) is 5.75 Å². The van der Waals surface area contributed by atoms with Crippen LogP contribution in [-0.2, 0) is 6.54 Å². The molecule has 94 valence electrons. The Balaban J connectivity index is 2.02. The van der Waals surface area contributed by atoms with Crippen molar-refractivity contribution in [2.75, 3.05) is 12.4 Å². The normalized spacial score (nSPS) is 10.2. The number of benzene rings is 2. The molecule has 0 aromatic heterocycles. The van der Waals surface area contributed by atoms with E-state index in [0.717, 1.165) is 11.3 Å².